The molecule has 1 aliphatic rings. The Kier molecular flexibility index (Phi) is 5.63. The van der Waals surface area contributed by atoms with Crippen LogP contribution in [0.4, 0.5) is 0 Å². The lowest BCUT2D eigenvalue weighted by Gasteiger charge is -2.28. The predicted molar refractivity (Wildman–Crippen MR) is 76.5 cm³/mol. The zero-order valence-corrected chi connectivity index (χ0v) is 11.6. The van der Waals surface area contributed by atoms with Gasteiger partial charge in [0.25, 0.3) is 0 Å². The minimum Gasteiger partial charge on any atom is -0.494 e. The molecule has 1 aromatic carbocycles. The molecule has 0 amide bonds. The quantitative estimate of drug-likeness (QED) is 0.815. The van der Waals surface area contributed by atoms with Gasteiger partial charge in [0.15, 0.2) is 0 Å². The number of aliphatic hydroxyl groups is 1. The van der Waals surface area contributed by atoms with E-state index in [1.54, 1.807) is 0 Å². The summed E-state index contributed by atoms with van der Waals surface area (Å²) in [5.41, 5.74) is 0.971. The summed E-state index contributed by atoms with van der Waals surface area (Å²) in [5, 5.41) is 13.5. The lowest BCUT2D eigenvalue weighted by Crippen LogP contribution is -2.44. The minimum absolute atomic E-state index is 0.384. The fraction of sp³-hybridized carbons (Fsp3) is 0.600. The van der Waals surface area contributed by atoms with Crippen molar-refractivity contribution < 1.29 is 9.84 Å². The maximum atomic E-state index is 10.2. The second-order valence-corrected chi connectivity index (χ2v) is 4.90. The van der Waals surface area contributed by atoms with E-state index >= 15 is 0 Å². The Hall–Kier alpha value is -1.10. The third-order valence-corrected chi connectivity index (χ3v) is 3.50. The van der Waals surface area contributed by atoms with Gasteiger partial charge in [-0.2, -0.15) is 0 Å². The molecule has 2 N–H and O–H groups in total. The van der Waals surface area contributed by atoms with Crippen LogP contribution in [0, 0.1) is 0 Å². The smallest absolute Gasteiger partial charge is 0.119 e. The summed E-state index contributed by atoms with van der Waals surface area (Å²) in [4.78, 5) is 2.40. The monoisotopic (exact) mass is 264 g/mol. The molecule has 1 unspecified atom stereocenters. The zero-order chi connectivity index (χ0) is 13.5. The highest BCUT2D eigenvalue weighted by Gasteiger charge is 2.13. The van der Waals surface area contributed by atoms with Gasteiger partial charge >= 0.3 is 0 Å². The number of aliphatic hydroxyl groups excluding tert-OH is 1. The van der Waals surface area contributed by atoms with Gasteiger partial charge in [-0.25, -0.2) is 0 Å². The van der Waals surface area contributed by atoms with Gasteiger partial charge in [0.05, 0.1) is 12.7 Å². The molecule has 0 aromatic heterocycles. The van der Waals surface area contributed by atoms with Gasteiger partial charge in [-0.15, -0.1) is 0 Å². The second-order valence-electron chi connectivity index (χ2n) is 4.90. The van der Waals surface area contributed by atoms with E-state index in [4.69, 9.17) is 4.74 Å². The average molecular weight is 264 g/mol. The molecule has 1 fully saturated rings. The molecule has 1 atom stereocenters. The van der Waals surface area contributed by atoms with Gasteiger partial charge in [0.1, 0.15) is 5.75 Å². The van der Waals surface area contributed by atoms with Crippen LogP contribution in [0.2, 0.25) is 0 Å². The van der Waals surface area contributed by atoms with Crippen molar-refractivity contribution in [3.8, 4) is 5.75 Å². The number of nitrogens with one attached hydrogen (secondary N) is 1. The Morgan fingerprint density at radius 1 is 1.26 bits per heavy atom. The molecular weight excluding hydrogens is 240 g/mol. The van der Waals surface area contributed by atoms with E-state index in [0.717, 1.165) is 50.5 Å². The number of hydrogen-bond acceptors (Lipinski definition) is 4. The number of hydrogen-bond donors (Lipinski definition) is 2. The van der Waals surface area contributed by atoms with Crippen molar-refractivity contribution >= 4 is 0 Å². The summed E-state index contributed by atoms with van der Waals surface area (Å²) >= 11 is 0. The van der Waals surface area contributed by atoms with Crippen molar-refractivity contribution in [2.45, 2.75) is 19.4 Å². The Morgan fingerprint density at radius 2 is 1.95 bits per heavy atom. The first-order valence-corrected chi connectivity index (χ1v) is 7.13. The standard InChI is InChI=1S/C15H24N2O2/c1-2-19-14-5-3-13(4-6-14)15(18)7-10-17-11-8-16-9-12-17/h3-6,15-16,18H,2,7-12H2,1H3. The van der Waals surface area contributed by atoms with Crippen LogP contribution in [-0.4, -0.2) is 49.3 Å². The Bertz CT molecular complexity index is 361. The summed E-state index contributed by atoms with van der Waals surface area (Å²) in [6.07, 6.45) is 0.402. The van der Waals surface area contributed by atoms with Crippen LogP contribution in [-0.2, 0) is 0 Å². The molecule has 1 heterocycles. The molecule has 1 aromatic rings. The molecule has 0 aliphatic carbocycles. The van der Waals surface area contributed by atoms with E-state index in [2.05, 4.69) is 10.2 Å². The van der Waals surface area contributed by atoms with Gasteiger partial charge < -0.3 is 20.1 Å². The number of rotatable bonds is 6. The molecule has 0 saturated carbocycles. The summed E-state index contributed by atoms with van der Waals surface area (Å²) in [5.74, 6) is 0.862. The van der Waals surface area contributed by atoms with Crippen LogP contribution >= 0.6 is 0 Å². The van der Waals surface area contributed by atoms with Crippen LogP contribution in [0.3, 0.4) is 0 Å². The fourth-order valence-corrected chi connectivity index (χ4v) is 2.36. The first-order chi connectivity index (χ1) is 9.29. The highest BCUT2D eigenvalue weighted by atomic mass is 16.5. The largest absolute Gasteiger partial charge is 0.494 e. The van der Waals surface area contributed by atoms with E-state index in [0.29, 0.717) is 6.61 Å². The topological polar surface area (TPSA) is 44.7 Å². The van der Waals surface area contributed by atoms with Crippen molar-refractivity contribution in [3.63, 3.8) is 0 Å². The van der Waals surface area contributed by atoms with E-state index in [-0.39, 0.29) is 6.10 Å². The lowest BCUT2D eigenvalue weighted by atomic mass is 10.1. The van der Waals surface area contributed by atoms with E-state index < -0.39 is 0 Å². The lowest BCUT2D eigenvalue weighted by molar-refractivity contribution is 0.136. The maximum Gasteiger partial charge on any atom is 0.119 e. The summed E-state index contributed by atoms with van der Waals surface area (Å²) in [6.45, 7) is 7.86. The van der Waals surface area contributed by atoms with Crippen LogP contribution < -0.4 is 10.1 Å². The predicted octanol–water partition coefficient (Wildman–Crippen LogP) is 1.41. The Labute approximate surface area is 115 Å². The number of ether oxygens (including phenoxy) is 1. The Morgan fingerprint density at radius 3 is 2.58 bits per heavy atom. The van der Waals surface area contributed by atoms with Gasteiger partial charge in [-0.1, -0.05) is 12.1 Å². The van der Waals surface area contributed by atoms with Crippen molar-refractivity contribution in [2.24, 2.45) is 0 Å². The van der Waals surface area contributed by atoms with Crippen molar-refractivity contribution in [2.75, 3.05) is 39.3 Å². The number of benzene rings is 1. The van der Waals surface area contributed by atoms with Crippen LogP contribution in [0.5, 0.6) is 5.75 Å². The molecule has 1 aliphatic heterocycles. The van der Waals surface area contributed by atoms with Gasteiger partial charge in [0.2, 0.25) is 0 Å². The summed E-state index contributed by atoms with van der Waals surface area (Å²) in [6, 6.07) is 7.75. The zero-order valence-electron chi connectivity index (χ0n) is 11.6. The molecular formula is C15H24N2O2. The first kappa shape index (κ1) is 14.3. The van der Waals surface area contributed by atoms with Crippen molar-refractivity contribution in [1.29, 1.82) is 0 Å². The van der Waals surface area contributed by atoms with E-state index in [9.17, 15) is 5.11 Å². The van der Waals surface area contributed by atoms with E-state index in [1.165, 1.54) is 0 Å². The molecule has 4 heteroatoms. The SMILES string of the molecule is CCOc1ccc(C(O)CCN2CCNCC2)cc1. The van der Waals surface area contributed by atoms with Crippen LogP contribution in [0.25, 0.3) is 0 Å². The van der Waals surface area contributed by atoms with Crippen LogP contribution in [0.1, 0.15) is 25.0 Å². The Balaban J connectivity index is 1.79. The molecule has 2 rings (SSSR count). The van der Waals surface area contributed by atoms with Crippen molar-refractivity contribution in [1.82, 2.24) is 10.2 Å². The molecule has 19 heavy (non-hydrogen) atoms. The van der Waals surface area contributed by atoms with Crippen LogP contribution in [0.15, 0.2) is 24.3 Å². The third-order valence-electron chi connectivity index (χ3n) is 3.50. The number of piperazine rings is 1. The first-order valence-electron chi connectivity index (χ1n) is 7.13. The maximum absolute atomic E-state index is 10.2. The number of nitrogens with zero attached hydrogens (tertiary/aromatic N) is 1. The molecule has 0 radical (unpaired) electrons. The fourth-order valence-electron chi connectivity index (χ4n) is 2.36. The summed E-state index contributed by atoms with van der Waals surface area (Å²) < 4.78 is 5.40. The third kappa shape index (κ3) is 4.49. The average Bonchev–Trinajstić information content (AvgIpc) is 2.47. The van der Waals surface area contributed by atoms with Gasteiger partial charge in [-0.05, 0) is 31.0 Å². The highest BCUT2D eigenvalue weighted by molar-refractivity contribution is 5.28. The second kappa shape index (κ2) is 7.48. The highest BCUT2D eigenvalue weighted by Crippen LogP contribution is 2.20. The molecule has 0 bridgehead atoms. The molecule has 1 saturated heterocycles. The van der Waals surface area contributed by atoms with Gasteiger partial charge in [-0.3, -0.25) is 0 Å². The molecule has 0 spiro atoms. The minimum atomic E-state index is -0.384. The molecule has 4 nitrogen and oxygen atoms in total. The van der Waals surface area contributed by atoms with E-state index in [1.807, 2.05) is 31.2 Å². The van der Waals surface area contributed by atoms with Crippen molar-refractivity contribution in [3.05, 3.63) is 29.8 Å². The van der Waals surface area contributed by atoms with Gasteiger partial charge in [0, 0.05) is 32.7 Å². The summed E-state index contributed by atoms with van der Waals surface area (Å²) in [7, 11) is 0. The molecule has 106 valence electrons. The normalized spacial score (nSPS) is 18.2.